The summed E-state index contributed by atoms with van der Waals surface area (Å²) in [6.45, 7) is 11.2. The van der Waals surface area contributed by atoms with Gasteiger partial charge in [-0.15, -0.1) is 0 Å². The standard InChI is InChI=1S/C21H34O2S/c1-5-20(3)13-18(22)19-16(17(20)9-11-24-23)7-6-15-12-14(2)8-10-21(15,19)4/h12,16-19,22-23H,2,5-11,13H2,1,3-4H3. The van der Waals surface area contributed by atoms with Crippen LogP contribution in [0.2, 0.25) is 0 Å². The average molecular weight is 351 g/mol. The van der Waals surface area contributed by atoms with Crippen molar-refractivity contribution >= 4 is 12.0 Å². The number of aliphatic hydroxyl groups excluding tert-OH is 1. The fourth-order valence-electron chi connectivity index (χ4n) is 6.36. The van der Waals surface area contributed by atoms with Crippen LogP contribution >= 0.6 is 12.0 Å². The van der Waals surface area contributed by atoms with E-state index in [0.29, 0.717) is 17.8 Å². The van der Waals surface area contributed by atoms with Crippen molar-refractivity contribution in [2.75, 3.05) is 5.75 Å². The lowest BCUT2D eigenvalue weighted by Crippen LogP contribution is -2.56. The topological polar surface area (TPSA) is 40.5 Å². The van der Waals surface area contributed by atoms with Crippen LogP contribution in [0.5, 0.6) is 0 Å². The molecule has 3 aliphatic rings. The molecule has 0 aromatic rings. The molecule has 0 saturated heterocycles. The third-order valence-corrected chi connectivity index (χ3v) is 8.27. The molecule has 0 bridgehead atoms. The summed E-state index contributed by atoms with van der Waals surface area (Å²) in [6.07, 6.45) is 9.79. The highest BCUT2D eigenvalue weighted by Gasteiger charge is 2.57. The second-order valence-corrected chi connectivity index (χ2v) is 9.65. The molecular weight excluding hydrogens is 316 g/mol. The van der Waals surface area contributed by atoms with Crippen LogP contribution in [0.1, 0.15) is 65.7 Å². The molecule has 6 atom stereocenters. The molecule has 2 saturated carbocycles. The van der Waals surface area contributed by atoms with Crippen LogP contribution in [0, 0.1) is 28.6 Å². The van der Waals surface area contributed by atoms with Crippen LogP contribution in [0.25, 0.3) is 0 Å². The molecule has 3 heteroatoms. The molecule has 0 heterocycles. The van der Waals surface area contributed by atoms with E-state index in [1.54, 1.807) is 0 Å². The van der Waals surface area contributed by atoms with Crippen molar-refractivity contribution in [3.05, 3.63) is 23.8 Å². The Morgan fingerprint density at radius 1 is 1.33 bits per heavy atom. The third kappa shape index (κ3) is 2.91. The van der Waals surface area contributed by atoms with Crippen molar-refractivity contribution in [2.24, 2.45) is 28.6 Å². The fourth-order valence-corrected chi connectivity index (χ4v) is 6.72. The van der Waals surface area contributed by atoms with Gasteiger partial charge in [-0.1, -0.05) is 51.0 Å². The first-order chi connectivity index (χ1) is 11.4. The smallest absolute Gasteiger partial charge is 0.0584 e. The predicted octanol–water partition coefficient (Wildman–Crippen LogP) is 5.69. The maximum Gasteiger partial charge on any atom is 0.0584 e. The SMILES string of the molecule is C=C1C=C2CCC3C(CCSO)C(C)(CC)CC(O)C3C2(C)CC1. The Morgan fingerprint density at radius 2 is 2.08 bits per heavy atom. The van der Waals surface area contributed by atoms with Crippen LogP contribution in [0.15, 0.2) is 23.8 Å². The van der Waals surface area contributed by atoms with Gasteiger partial charge in [-0.3, -0.25) is 0 Å². The van der Waals surface area contributed by atoms with Crippen LogP contribution in [0.3, 0.4) is 0 Å². The Labute approximate surface area is 152 Å². The van der Waals surface area contributed by atoms with E-state index in [0.717, 1.165) is 56.3 Å². The quantitative estimate of drug-likeness (QED) is 0.640. The van der Waals surface area contributed by atoms with Crippen LogP contribution in [0.4, 0.5) is 0 Å². The molecule has 6 unspecified atom stereocenters. The summed E-state index contributed by atoms with van der Waals surface area (Å²) in [4.78, 5) is 0. The number of allylic oxidation sites excluding steroid dienone is 3. The minimum absolute atomic E-state index is 0.142. The first-order valence-electron chi connectivity index (χ1n) is 9.69. The van der Waals surface area contributed by atoms with E-state index < -0.39 is 0 Å². The summed E-state index contributed by atoms with van der Waals surface area (Å²) in [5.74, 6) is 2.38. The van der Waals surface area contributed by atoms with Crippen molar-refractivity contribution in [3.8, 4) is 0 Å². The van der Waals surface area contributed by atoms with E-state index in [1.807, 2.05) is 0 Å². The van der Waals surface area contributed by atoms with E-state index >= 15 is 0 Å². The lowest BCUT2D eigenvalue weighted by Gasteiger charge is -2.60. The summed E-state index contributed by atoms with van der Waals surface area (Å²) < 4.78 is 9.30. The van der Waals surface area contributed by atoms with Gasteiger partial charge in [-0.2, -0.15) is 0 Å². The van der Waals surface area contributed by atoms with Gasteiger partial charge in [0.05, 0.1) is 6.10 Å². The van der Waals surface area contributed by atoms with Gasteiger partial charge < -0.3 is 9.66 Å². The maximum atomic E-state index is 11.2. The first kappa shape index (κ1) is 18.5. The minimum atomic E-state index is -0.196. The van der Waals surface area contributed by atoms with Gasteiger partial charge in [-0.05, 0) is 79.2 Å². The highest BCUT2D eigenvalue weighted by molar-refractivity contribution is 7.93. The number of aliphatic hydroxyl groups is 1. The zero-order chi connectivity index (χ0) is 17.5. The zero-order valence-corrected chi connectivity index (χ0v) is 16.4. The molecule has 24 heavy (non-hydrogen) atoms. The third-order valence-electron chi connectivity index (χ3n) is 7.85. The largest absolute Gasteiger partial charge is 0.393 e. The lowest BCUT2D eigenvalue weighted by atomic mass is 9.45. The maximum absolute atomic E-state index is 11.2. The molecule has 3 rings (SSSR count). The van der Waals surface area contributed by atoms with E-state index in [1.165, 1.54) is 17.6 Å². The van der Waals surface area contributed by atoms with Crippen molar-refractivity contribution in [1.82, 2.24) is 0 Å². The fraction of sp³-hybridized carbons (Fsp3) is 0.810. The van der Waals surface area contributed by atoms with E-state index in [9.17, 15) is 9.66 Å². The van der Waals surface area contributed by atoms with Crippen LogP contribution in [-0.2, 0) is 0 Å². The number of fused-ring (bicyclic) bond motifs is 3. The summed E-state index contributed by atoms with van der Waals surface area (Å²) in [5, 5.41) is 11.2. The number of rotatable bonds is 4. The predicted molar refractivity (Wildman–Crippen MR) is 103 cm³/mol. The molecule has 0 aromatic carbocycles. The molecule has 3 aliphatic carbocycles. The van der Waals surface area contributed by atoms with Gasteiger partial charge in [0.2, 0.25) is 0 Å². The van der Waals surface area contributed by atoms with Gasteiger partial charge in [0.1, 0.15) is 0 Å². The zero-order valence-electron chi connectivity index (χ0n) is 15.6. The Bertz CT molecular complexity index is 528. The Balaban J connectivity index is 1.96. The number of hydrogen-bond acceptors (Lipinski definition) is 3. The van der Waals surface area contributed by atoms with Gasteiger partial charge in [-0.25, -0.2) is 0 Å². The Morgan fingerprint density at radius 3 is 2.75 bits per heavy atom. The normalized spacial score (nSPS) is 45.4. The molecule has 0 aromatic heterocycles. The van der Waals surface area contributed by atoms with Gasteiger partial charge in [0, 0.05) is 5.75 Å². The highest BCUT2D eigenvalue weighted by atomic mass is 32.2. The summed E-state index contributed by atoms with van der Waals surface area (Å²) in [7, 11) is 0. The average Bonchev–Trinajstić information content (AvgIpc) is 2.54. The van der Waals surface area contributed by atoms with Crippen LogP contribution in [-0.4, -0.2) is 21.5 Å². The van der Waals surface area contributed by atoms with E-state index in [-0.39, 0.29) is 16.9 Å². The lowest BCUT2D eigenvalue weighted by molar-refractivity contribution is -0.129. The molecule has 2 nitrogen and oxygen atoms in total. The molecule has 0 spiro atoms. The van der Waals surface area contributed by atoms with Crippen molar-refractivity contribution in [2.45, 2.75) is 71.8 Å². The molecule has 0 amide bonds. The number of hydrogen-bond donors (Lipinski definition) is 2. The van der Waals surface area contributed by atoms with E-state index in [4.69, 9.17) is 0 Å². The molecule has 2 N–H and O–H groups in total. The second kappa shape index (κ2) is 6.81. The van der Waals surface area contributed by atoms with Crippen molar-refractivity contribution in [3.63, 3.8) is 0 Å². The Hall–Kier alpha value is -0.250. The van der Waals surface area contributed by atoms with Crippen molar-refractivity contribution in [1.29, 1.82) is 0 Å². The monoisotopic (exact) mass is 350 g/mol. The molecule has 0 aliphatic heterocycles. The van der Waals surface area contributed by atoms with Gasteiger partial charge >= 0.3 is 0 Å². The van der Waals surface area contributed by atoms with Crippen molar-refractivity contribution < 1.29 is 9.66 Å². The molecular formula is C21H34O2S. The summed E-state index contributed by atoms with van der Waals surface area (Å²) >= 11 is 0.983. The first-order valence-corrected chi connectivity index (χ1v) is 10.6. The second-order valence-electron chi connectivity index (χ2n) is 8.98. The van der Waals surface area contributed by atoms with Gasteiger partial charge in [0.25, 0.3) is 0 Å². The molecule has 2 fully saturated rings. The summed E-state index contributed by atoms with van der Waals surface area (Å²) in [6, 6.07) is 0. The Kier molecular flexibility index (Phi) is 5.26. The van der Waals surface area contributed by atoms with E-state index in [2.05, 4.69) is 33.4 Å². The minimum Gasteiger partial charge on any atom is -0.393 e. The molecule has 136 valence electrons. The summed E-state index contributed by atoms with van der Waals surface area (Å²) in [5.41, 5.74) is 3.14. The van der Waals surface area contributed by atoms with Crippen LogP contribution < -0.4 is 0 Å². The highest BCUT2D eigenvalue weighted by Crippen LogP contribution is 2.63. The van der Waals surface area contributed by atoms with Gasteiger partial charge in [0.15, 0.2) is 0 Å². The molecule has 0 radical (unpaired) electrons.